The number of nitrogens with zero attached hydrogens (tertiary/aromatic N) is 1. The molecule has 5 nitrogen and oxygen atoms in total. The lowest BCUT2D eigenvalue weighted by atomic mass is 9.99. The second-order valence-corrected chi connectivity index (χ2v) is 6.29. The Labute approximate surface area is 119 Å². The lowest BCUT2D eigenvalue weighted by Gasteiger charge is -2.25. The van der Waals surface area contributed by atoms with Crippen molar-refractivity contribution < 1.29 is 9.53 Å². The molecule has 2 aliphatic rings. The third-order valence-corrected chi connectivity index (χ3v) is 4.78. The molecular weight excluding hydrogens is 254 g/mol. The summed E-state index contributed by atoms with van der Waals surface area (Å²) >= 11 is 0. The number of ether oxygens (including phenoxy) is 1. The van der Waals surface area contributed by atoms with Gasteiger partial charge in [-0.05, 0) is 38.5 Å². The van der Waals surface area contributed by atoms with E-state index in [1.165, 1.54) is 12.8 Å². The van der Waals surface area contributed by atoms with Crippen LogP contribution in [-0.2, 0) is 11.2 Å². The second-order valence-electron chi connectivity index (χ2n) is 6.29. The fourth-order valence-electron chi connectivity index (χ4n) is 3.05. The predicted octanol–water partition coefficient (Wildman–Crippen LogP) is 2.35. The Kier molecular flexibility index (Phi) is 3.32. The second kappa shape index (κ2) is 4.88. The van der Waals surface area contributed by atoms with Crippen LogP contribution in [0.3, 0.4) is 0 Å². The molecule has 1 aliphatic heterocycles. The molecule has 110 valence electrons. The van der Waals surface area contributed by atoms with E-state index in [2.05, 4.69) is 22.4 Å². The molecule has 0 saturated heterocycles. The molecule has 1 amide bonds. The summed E-state index contributed by atoms with van der Waals surface area (Å²) in [6.45, 7) is 6.98. The van der Waals surface area contributed by atoms with Crippen LogP contribution in [0.4, 0.5) is 0 Å². The summed E-state index contributed by atoms with van der Waals surface area (Å²) in [7, 11) is 0. The molecule has 20 heavy (non-hydrogen) atoms. The number of rotatable bonds is 4. The molecule has 2 N–H and O–H groups in total. The number of fused-ring (bicyclic) bond motifs is 1. The summed E-state index contributed by atoms with van der Waals surface area (Å²) in [5, 5.41) is 10.2. The number of nitrogens with one attached hydrogen (secondary N) is 2. The first-order chi connectivity index (χ1) is 9.54. The molecule has 3 rings (SSSR count). The molecule has 2 atom stereocenters. The Morgan fingerprint density at radius 1 is 1.50 bits per heavy atom. The van der Waals surface area contributed by atoms with Gasteiger partial charge in [0.2, 0.25) is 0 Å². The molecule has 0 radical (unpaired) electrons. The normalized spacial score (nSPS) is 26.9. The zero-order valence-electron chi connectivity index (χ0n) is 12.5. The van der Waals surface area contributed by atoms with Crippen molar-refractivity contribution in [3.63, 3.8) is 0 Å². The smallest absolute Gasteiger partial charge is 0.272 e. The minimum atomic E-state index is -0.0523. The largest absolute Gasteiger partial charge is 0.369 e. The third kappa shape index (κ3) is 2.35. The lowest BCUT2D eigenvalue weighted by molar-refractivity contribution is -0.00697. The first-order valence-corrected chi connectivity index (χ1v) is 7.55. The quantitative estimate of drug-likeness (QED) is 0.887. The van der Waals surface area contributed by atoms with Gasteiger partial charge in [0.25, 0.3) is 5.91 Å². The van der Waals surface area contributed by atoms with Gasteiger partial charge < -0.3 is 10.1 Å². The highest BCUT2D eigenvalue weighted by Gasteiger charge is 2.41. The first kappa shape index (κ1) is 13.6. The van der Waals surface area contributed by atoms with Crippen LogP contribution in [0.15, 0.2) is 0 Å². The number of aromatic amines is 1. The third-order valence-electron chi connectivity index (χ3n) is 4.78. The number of hydrogen-bond donors (Lipinski definition) is 2. The van der Waals surface area contributed by atoms with Crippen LogP contribution in [0.2, 0.25) is 0 Å². The molecule has 1 aliphatic carbocycles. The molecule has 0 aromatic carbocycles. The number of amides is 1. The van der Waals surface area contributed by atoms with E-state index < -0.39 is 0 Å². The van der Waals surface area contributed by atoms with Gasteiger partial charge in [-0.1, -0.05) is 6.92 Å². The minimum Gasteiger partial charge on any atom is -0.369 e. The standard InChI is InChI=1S/C15H23N3O2/c1-4-15(5-6-15)8-16-14(19)13-11-7-9(2)20-10(3)12(11)17-18-13/h9-10H,4-8H2,1-3H3,(H,16,19)(H,17,18)/t9-,10+/m0/s1. The van der Waals surface area contributed by atoms with Crippen molar-refractivity contribution in [2.75, 3.05) is 6.54 Å². The number of aromatic nitrogens is 2. The van der Waals surface area contributed by atoms with Gasteiger partial charge >= 0.3 is 0 Å². The van der Waals surface area contributed by atoms with E-state index in [-0.39, 0.29) is 18.1 Å². The van der Waals surface area contributed by atoms with Gasteiger partial charge in [0.15, 0.2) is 5.69 Å². The number of carbonyl (C=O) groups is 1. The summed E-state index contributed by atoms with van der Waals surface area (Å²) in [5.74, 6) is -0.0523. The van der Waals surface area contributed by atoms with Crippen molar-refractivity contribution in [2.24, 2.45) is 5.41 Å². The average Bonchev–Trinajstić information content (AvgIpc) is 3.08. The van der Waals surface area contributed by atoms with E-state index in [0.717, 1.165) is 30.6 Å². The molecule has 5 heteroatoms. The topological polar surface area (TPSA) is 67.0 Å². The van der Waals surface area contributed by atoms with Gasteiger partial charge in [0, 0.05) is 18.5 Å². The van der Waals surface area contributed by atoms with E-state index in [1.54, 1.807) is 0 Å². The fourth-order valence-corrected chi connectivity index (χ4v) is 3.05. The van der Waals surface area contributed by atoms with E-state index >= 15 is 0 Å². The maximum atomic E-state index is 12.3. The Hall–Kier alpha value is -1.36. The molecule has 1 aromatic rings. The molecule has 1 saturated carbocycles. The van der Waals surface area contributed by atoms with Gasteiger partial charge in [-0.15, -0.1) is 0 Å². The zero-order chi connectivity index (χ0) is 14.3. The summed E-state index contributed by atoms with van der Waals surface area (Å²) in [4.78, 5) is 12.3. The highest BCUT2D eigenvalue weighted by atomic mass is 16.5. The van der Waals surface area contributed by atoms with E-state index in [4.69, 9.17) is 4.74 Å². The maximum Gasteiger partial charge on any atom is 0.272 e. The van der Waals surface area contributed by atoms with Gasteiger partial charge in [-0.3, -0.25) is 9.89 Å². The molecule has 0 bridgehead atoms. The van der Waals surface area contributed by atoms with Gasteiger partial charge in [-0.2, -0.15) is 5.10 Å². The summed E-state index contributed by atoms with van der Waals surface area (Å²) in [6.07, 6.45) is 4.45. The zero-order valence-corrected chi connectivity index (χ0v) is 12.5. The number of H-pyrrole nitrogens is 1. The van der Waals surface area contributed by atoms with Gasteiger partial charge in [0.1, 0.15) is 0 Å². The number of carbonyl (C=O) groups excluding carboxylic acids is 1. The molecular formula is C15H23N3O2. The van der Waals surface area contributed by atoms with Crippen molar-refractivity contribution in [3.8, 4) is 0 Å². The Bertz CT molecular complexity index is 519. The van der Waals surface area contributed by atoms with Crippen LogP contribution < -0.4 is 5.32 Å². The lowest BCUT2D eigenvalue weighted by Crippen LogP contribution is -2.32. The summed E-state index contributed by atoms with van der Waals surface area (Å²) in [5.41, 5.74) is 2.88. The Morgan fingerprint density at radius 2 is 2.25 bits per heavy atom. The van der Waals surface area contributed by atoms with Crippen molar-refractivity contribution in [3.05, 3.63) is 17.0 Å². The fraction of sp³-hybridized carbons (Fsp3) is 0.733. The van der Waals surface area contributed by atoms with Crippen molar-refractivity contribution in [1.82, 2.24) is 15.5 Å². The van der Waals surface area contributed by atoms with Crippen LogP contribution >= 0.6 is 0 Å². The van der Waals surface area contributed by atoms with Crippen molar-refractivity contribution in [2.45, 2.75) is 58.7 Å². The molecule has 0 spiro atoms. The minimum absolute atomic E-state index is 0.0202. The molecule has 1 fully saturated rings. The predicted molar refractivity (Wildman–Crippen MR) is 75.5 cm³/mol. The van der Waals surface area contributed by atoms with E-state index in [0.29, 0.717) is 11.1 Å². The van der Waals surface area contributed by atoms with E-state index in [1.807, 2.05) is 13.8 Å². The highest BCUT2D eigenvalue weighted by Crippen LogP contribution is 2.47. The van der Waals surface area contributed by atoms with Crippen molar-refractivity contribution in [1.29, 1.82) is 0 Å². The van der Waals surface area contributed by atoms with Crippen LogP contribution in [0, 0.1) is 5.41 Å². The molecule has 2 heterocycles. The average molecular weight is 277 g/mol. The van der Waals surface area contributed by atoms with Crippen LogP contribution in [0.1, 0.15) is 67.9 Å². The Balaban J connectivity index is 1.72. The summed E-state index contributed by atoms with van der Waals surface area (Å²) in [6, 6.07) is 0. The number of hydrogen-bond acceptors (Lipinski definition) is 3. The summed E-state index contributed by atoms with van der Waals surface area (Å²) < 4.78 is 5.74. The highest BCUT2D eigenvalue weighted by molar-refractivity contribution is 5.94. The Morgan fingerprint density at radius 3 is 2.90 bits per heavy atom. The molecule has 1 aromatic heterocycles. The van der Waals surface area contributed by atoms with Crippen molar-refractivity contribution >= 4 is 5.91 Å². The SMILES string of the molecule is CCC1(CNC(=O)c2n[nH]c3c2C[C@H](C)O[C@@H]3C)CC1. The van der Waals surface area contributed by atoms with Gasteiger partial charge in [0.05, 0.1) is 17.9 Å². The van der Waals surface area contributed by atoms with Crippen LogP contribution in [0.25, 0.3) is 0 Å². The van der Waals surface area contributed by atoms with Crippen LogP contribution in [0.5, 0.6) is 0 Å². The maximum absolute atomic E-state index is 12.3. The van der Waals surface area contributed by atoms with Crippen LogP contribution in [-0.4, -0.2) is 28.8 Å². The van der Waals surface area contributed by atoms with E-state index in [9.17, 15) is 4.79 Å². The first-order valence-electron chi connectivity index (χ1n) is 7.55. The monoisotopic (exact) mass is 277 g/mol. The van der Waals surface area contributed by atoms with Gasteiger partial charge in [-0.25, -0.2) is 0 Å². The molecule has 0 unspecified atom stereocenters.